The van der Waals surface area contributed by atoms with Gasteiger partial charge in [-0.25, -0.2) is 9.97 Å². The Morgan fingerprint density at radius 1 is 0.981 bits per heavy atom. The predicted octanol–water partition coefficient (Wildman–Crippen LogP) is 5.47. The molecule has 0 aliphatic carbocycles. The second kappa shape index (κ2) is 14.5. The SMILES string of the molecule is Cc1c(Nc2nccc3cc(CN4CC[C@@H](O)C4)cnc23)cccc1-c1cccc(-c2nc3c(=O)n(CCN4CC[C@@H](C(=O)O)C4)cc(C#N)c3o2)c1C. The minimum absolute atomic E-state index is 0.0826. The molecule has 54 heavy (non-hydrogen) atoms. The Labute approximate surface area is 311 Å². The highest BCUT2D eigenvalue weighted by Crippen LogP contribution is 2.37. The summed E-state index contributed by atoms with van der Waals surface area (Å²) in [5, 5.41) is 33.8. The van der Waals surface area contributed by atoms with Crippen LogP contribution in [0.1, 0.15) is 35.1 Å². The monoisotopic (exact) mass is 724 g/mol. The fourth-order valence-electron chi connectivity index (χ4n) is 7.75. The van der Waals surface area contributed by atoms with Crippen LogP contribution in [0.2, 0.25) is 0 Å². The van der Waals surface area contributed by atoms with E-state index in [2.05, 4.69) is 45.3 Å². The lowest BCUT2D eigenvalue weighted by Crippen LogP contribution is -2.30. The number of benzene rings is 2. The van der Waals surface area contributed by atoms with Crippen molar-refractivity contribution in [3.63, 3.8) is 0 Å². The number of hydrogen-bond donors (Lipinski definition) is 3. The van der Waals surface area contributed by atoms with E-state index in [1.165, 1.54) is 10.8 Å². The molecular formula is C41H40N8O5. The average Bonchev–Trinajstić information content (AvgIpc) is 3.93. The maximum atomic E-state index is 13.6. The number of oxazole rings is 1. The molecule has 2 atom stereocenters. The number of nitrogens with zero attached hydrogens (tertiary/aromatic N) is 7. The number of nitriles is 1. The van der Waals surface area contributed by atoms with Gasteiger partial charge in [0.15, 0.2) is 16.9 Å². The number of anilines is 2. The minimum Gasteiger partial charge on any atom is -0.481 e. The highest BCUT2D eigenvalue weighted by molar-refractivity contribution is 5.91. The van der Waals surface area contributed by atoms with Crippen molar-refractivity contribution in [2.24, 2.45) is 5.92 Å². The smallest absolute Gasteiger partial charge is 0.307 e. The molecule has 13 nitrogen and oxygen atoms in total. The Morgan fingerprint density at radius 3 is 2.52 bits per heavy atom. The second-order valence-electron chi connectivity index (χ2n) is 14.3. The number of aliphatic hydroxyl groups excluding tert-OH is 1. The van der Waals surface area contributed by atoms with Gasteiger partial charge in [0.1, 0.15) is 17.1 Å². The molecule has 13 heteroatoms. The molecule has 2 aliphatic rings. The first kappa shape index (κ1) is 35.1. The van der Waals surface area contributed by atoms with Crippen molar-refractivity contribution >= 4 is 39.5 Å². The number of likely N-dealkylation sites (tertiary alicyclic amines) is 2. The zero-order chi connectivity index (χ0) is 37.5. The summed E-state index contributed by atoms with van der Waals surface area (Å²) in [4.78, 5) is 43.3. The molecule has 3 N–H and O–H groups in total. The zero-order valence-corrected chi connectivity index (χ0v) is 30.1. The molecule has 0 radical (unpaired) electrons. The number of aliphatic hydroxyl groups is 1. The third kappa shape index (κ3) is 6.71. The van der Waals surface area contributed by atoms with Gasteiger partial charge in [0.2, 0.25) is 5.89 Å². The summed E-state index contributed by atoms with van der Waals surface area (Å²) in [5.41, 5.74) is 7.34. The first-order valence-electron chi connectivity index (χ1n) is 18.2. The number of carbonyl (C=O) groups is 1. The van der Waals surface area contributed by atoms with Gasteiger partial charge < -0.3 is 29.4 Å². The fourth-order valence-corrected chi connectivity index (χ4v) is 7.75. The summed E-state index contributed by atoms with van der Waals surface area (Å²) in [6, 6.07) is 18.2. The number of pyridine rings is 3. The number of fused-ring (bicyclic) bond motifs is 2. The van der Waals surface area contributed by atoms with E-state index in [0.717, 1.165) is 63.9 Å². The first-order valence-corrected chi connectivity index (χ1v) is 18.2. The van der Waals surface area contributed by atoms with Crippen LogP contribution in [0.4, 0.5) is 11.5 Å². The minimum atomic E-state index is -0.807. The Hall–Kier alpha value is -5.94. The Balaban J connectivity index is 1.06. The van der Waals surface area contributed by atoms with Crippen LogP contribution in [0, 0.1) is 31.1 Å². The van der Waals surface area contributed by atoms with Crippen LogP contribution < -0.4 is 10.9 Å². The van der Waals surface area contributed by atoms with Gasteiger partial charge in [-0.2, -0.15) is 5.26 Å². The maximum Gasteiger partial charge on any atom is 0.307 e. The molecule has 0 saturated carbocycles. The second-order valence-corrected chi connectivity index (χ2v) is 14.3. The van der Waals surface area contributed by atoms with Gasteiger partial charge in [-0.1, -0.05) is 24.3 Å². The zero-order valence-electron chi connectivity index (χ0n) is 30.1. The predicted molar refractivity (Wildman–Crippen MR) is 204 cm³/mol. The molecule has 274 valence electrons. The molecule has 0 bridgehead atoms. The van der Waals surface area contributed by atoms with Gasteiger partial charge in [0, 0.05) is 74.5 Å². The normalized spacial score (nSPS) is 17.7. The molecule has 8 rings (SSSR count). The van der Waals surface area contributed by atoms with E-state index in [1.807, 2.05) is 54.4 Å². The van der Waals surface area contributed by atoms with Crippen molar-refractivity contribution in [1.82, 2.24) is 29.3 Å². The summed E-state index contributed by atoms with van der Waals surface area (Å²) in [5.74, 6) is -0.318. The van der Waals surface area contributed by atoms with Crippen LogP contribution in [0.15, 0.2) is 76.3 Å². The summed E-state index contributed by atoms with van der Waals surface area (Å²) < 4.78 is 7.63. The standard InChI is InChI=1S/C41H40N8O5/c1-24-31(32-6-4-8-34(25(32)2)45-38-35-27(9-12-43-38)17-26(19-44-35)20-48-14-11-30(50)23-48)5-3-7-33(24)39-46-36-37(54-39)29(18-42)22-49(40(36)51)16-15-47-13-10-28(21-47)41(52)53/h3-9,12,17,19,22,28,30,50H,10-11,13-16,20-21,23H2,1-2H3,(H,43,45)(H,52,53)/t28-,30-/m1/s1. The molecule has 2 saturated heterocycles. The third-order valence-corrected chi connectivity index (χ3v) is 10.8. The number of carboxylic acid groups (broad SMARTS) is 1. The lowest BCUT2D eigenvalue weighted by Gasteiger charge is -2.17. The van der Waals surface area contributed by atoms with Gasteiger partial charge in [-0.15, -0.1) is 0 Å². The van der Waals surface area contributed by atoms with E-state index in [4.69, 9.17) is 9.40 Å². The average molecular weight is 725 g/mol. The highest BCUT2D eigenvalue weighted by atomic mass is 16.4. The van der Waals surface area contributed by atoms with Gasteiger partial charge in [0.25, 0.3) is 5.56 Å². The molecule has 2 aliphatic heterocycles. The number of aliphatic carboxylic acids is 1. The van der Waals surface area contributed by atoms with Crippen molar-refractivity contribution in [1.29, 1.82) is 5.26 Å². The van der Waals surface area contributed by atoms with Gasteiger partial charge in [0.05, 0.1) is 12.0 Å². The van der Waals surface area contributed by atoms with Gasteiger partial charge in [-0.05, 0) is 85.3 Å². The van der Waals surface area contributed by atoms with E-state index < -0.39 is 11.9 Å². The molecule has 0 amide bonds. The van der Waals surface area contributed by atoms with Crippen LogP contribution in [0.3, 0.4) is 0 Å². The van der Waals surface area contributed by atoms with E-state index in [1.54, 1.807) is 6.20 Å². The van der Waals surface area contributed by atoms with Crippen molar-refractivity contribution in [2.75, 3.05) is 38.0 Å². The van der Waals surface area contributed by atoms with Crippen LogP contribution >= 0.6 is 0 Å². The van der Waals surface area contributed by atoms with Crippen LogP contribution in [-0.4, -0.2) is 84.3 Å². The highest BCUT2D eigenvalue weighted by Gasteiger charge is 2.28. The van der Waals surface area contributed by atoms with E-state index in [-0.39, 0.29) is 34.2 Å². The summed E-state index contributed by atoms with van der Waals surface area (Å²) >= 11 is 0. The van der Waals surface area contributed by atoms with E-state index in [9.17, 15) is 25.1 Å². The van der Waals surface area contributed by atoms with E-state index in [0.29, 0.717) is 50.5 Å². The number of aromatic nitrogens is 4. The van der Waals surface area contributed by atoms with E-state index >= 15 is 0 Å². The number of rotatable bonds is 10. The lowest BCUT2D eigenvalue weighted by molar-refractivity contribution is -0.141. The summed E-state index contributed by atoms with van der Waals surface area (Å²) in [6.45, 7) is 8.19. The van der Waals surface area contributed by atoms with Crippen molar-refractivity contribution in [2.45, 2.75) is 45.9 Å². The van der Waals surface area contributed by atoms with Crippen molar-refractivity contribution < 1.29 is 19.4 Å². The number of nitrogens with one attached hydrogen (secondary N) is 1. The molecular weight excluding hydrogens is 685 g/mol. The Bertz CT molecular complexity index is 2520. The molecule has 0 spiro atoms. The molecule has 4 aromatic heterocycles. The Kier molecular flexibility index (Phi) is 9.41. The maximum absolute atomic E-state index is 13.6. The number of β-amino-alcohol motifs (C(OH)–C–C–N with tert-alkyl or cyclic N) is 1. The molecule has 0 unspecified atom stereocenters. The topological polar surface area (TPSA) is 174 Å². The molecule has 2 fully saturated rings. The third-order valence-electron chi connectivity index (χ3n) is 10.8. The van der Waals surface area contributed by atoms with Crippen LogP contribution in [0.25, 0.3) is 44.6 Å². The van der Waals surface area contributed by atoms with Crippen molar-refractivity contribution in [3.05, 3.63) is 99.7 Å². The summed E-state index contributed by atoms with van der Waals surface area (Å²) in [7, 11) is 0. The van der Waals surface area contributed by atoms with Crippen molar-refractivity contribution in [3.8, 4) is 28.7 Å². The van der Waals surface area contributed by atoms with Gasteiger partial charge >= 0.3 is 5.97 Å². The first-order chi connectivity index (χ1) is 26.2. The summed E-state index contributed by atoms with van der Waals surface area (Å²) in [6.07, 6.45) is 6.26. The molecule has 2 aromatic carbocycles. The molecule has 6 heterocycles. The van der Waals surface area contributed by atoms with Crippen LogP contribution in [0.5, 0.6) is 0 Å². The lowest BCUT2D eigenvalue weighted by atomic mass is 9.93. The molecule has 6 aromatic rings. The number of carboxylic acids is 1. The Morgan fingerprint density at radius 2 is 1.76 bits per heavy atom. The fraction of sp³-hybridized carbons (Fsp3) is 0.317. The number of hydrogen-bond acceptors (Lipinski definition) is 11. The largest absolute Gasteiger partial charge is 0.481 e. The van der Waals surface area contributed by atoms with Gasteiger partial charge in [-0.3, -0.25) is 19.5 Å². The quantitative estimate of drug-likeness (QED) is 0.163. The van der Waals surface area contributed by atoms with Crippen LogP contribution in [-0.2, 0) is 17.9 Å².